The number of carbonyl (C=O) groups excluding carboxylic acids is 1. The molecule has 2 unspecified atom stereocenters. The van der Waals surface area contributed by atoms with Crippen LogP contribution in [0.2, 0.25) is 0 Å². The number of halogens is 1. The van der Waals surface area contributed by atoms with Crippen LogP contribution in [0.4, 0.5) is 0 Å². The van der Waals surface area contributed by atoms with Crippen molar-refractivity contribution in [2.75, 3.05) is 19.6 Å². The third-order valence-electron chi connectivity index (χ3n) is 4.55. The Morgan fingerprint density at radius 2 is 2.17 bits per heavy atom. The van der Waals surface area contributed by atoms with Gasteiger partial charge in [0.15, 0.2) is 0 Å². The summed E-state index contributed by atoms with van der Waals surface area (Å²) in [7, 11) is 0. The van der Waals surface area contributed by atoms with Gasteiger partial charge in [0.1, 0.15) is 0 Å². The average Bonchev–Trinajstić information content (AvgIpc) is 2.39. The van der Waals surface area contributed by atoms with Gasteiger partial charge in [0.25, 0.3) is 0 Å². The summed E-state index contributed by atoms with van der Waals surface area (Å²) in [6.07, 6.45) is 7.06. The van der Waals surface area contributed by atoms with Crippen molar-refractivity contribution in [2.24, 2.45) is 5.41 Å². The summed E-state index contributed by atoms with van der Waals surface area (Å²) in [5.41, 5.74) is 0.350. The molecular formula is C14H27ClN2O. The van der Waals surface area contributed by atoms with Crippen molar-refractivity contribution < 1.29 is 4.79 Å². The first-order valence-corrected chi connectivity index (χ1v) is 7.17. The molecule has 2 atom stereocenters. The second-order valence-corrected chi connectivity index (χ2v) is 6.03. The number of carbonyl (C=O) groups is 1. The Balaban J connectivity index is 0.00000162. The van der Waals surface area contributed by atoms with E-state index in [4.69, 9.17) is 0 Å². The summed E-state index contributed by atoms with van der Waals surface area (Å²) in [5.74, 6) is 0.351. The zero-order chi connectivity index (χ0) is 12.3. The van der Waals surface area contributed by atoms with E-state index in [9.17, 15) is 4.79 Å². The highest BCUT2D eigenvalue weighted by Crippen LogP contribution is 2.32. The molecule has 0 aliphatic carbocycles. The van der Waals surface area contributed by atoms with Gasteiger partial charge in [-0.1, -0.05) is 20.3 Å². The Hall–Kier alpha value is -0.280. The molecule has 2 fully saturated rings. The molecular weight excluding hydrogens is 248 g/mol. The Kier molecular flexibility index (Phi) is 5.93. The minimum atomic E-state index is 0. The van der Waals surface area contributed by atoms with Gasteiger partial charge in [-0.25, -0.2) is 0 Å². The van der Waals surface area contributed by atoms with E-state index in [0.717, 1.165) is 26.1 Å². The second kappa shape index (κ2) is 6.76. The van der Waals surface area contributed by atoms with E-state index in [0.29, 0.717) is 11.3 Å². The van der Waals surface area contributed by atoms with Gasteiger partial charge >= 0.3 is 0 Å². The summed E-state index contributed by atoms with van der Waals surface area (Å²) >= 11 is 0. The summed E-state index contributed by atoms with van der Waals surface area (Å²) in [4.78, 5) is 14.5. The molecule has 1 N–H and O–H groups in total. The van der Waals surface area contributed by atoms with Crippen LogP contribution in [0.25, 0.3) is 0 Å². The highest BCUT2D eigenvalue weighted by atomic mass is 35.5. The van der Waals surface area contributed by atoms with Crippen LogP contribution < -0.4 is 5.32 Å². The van der Waals surface area contributed by atoms with Crippen LogP contribution in [0, 0.1) is 5.41 Å². The number of nitrogens with zero attached hydrogens (tertiary/aromatic N) is 1. The molecule has 0 saturated carbocycles. The molecule has 1 amide bonds. The number of hydrogen-bond donors (Lipinski definition) is 1. The fraction of sp³-hybridized carbons (Fsp3) is 0.929. The molecule has 0 radical (unpaired) electrons. The molecule has 3 nitrogen and oxygen atoms in total. The van der Waals surface area contributed by atoms with Crippen molar-refractivity contribution in [1.82, 2.24) is 10.2 Å². The third kappa shape index (κ3) is 3.61. The van der Waals surface area contributed by atoms with Crippen molar-refractivity contribution in [3.63, 3.8) is 0 Å². The van der Waals surface area contributed by atoms with Crippen LogP contribution >= 0.6 is 12.4 Å². The molecule has 2 saturated heterocycles. The largest absolute Gasteiger partial charge is 0.341 e. The maximum absolute atomic E-state index is 12.4. The first-order valence-electron chi connectivity index (χ1n) is 7.17. The minimum Gasteiger partial charge on any atom is -0.341 e. The lowest BCUT2D eigenvalue weighted by molar-refractivity contribution is -0.137. The van der Waals surface area contributed by atoms with E-state index in [-0.39, 0.29) is 18.4 Å². The highest BCUT2D eigenvalue weighted by molar-refractivity contribution is 5.85. The number of likely N-dealkylation sites (tertiary alicyclic amines) is 1. The fourth-order valence-electron chi connectivity index (χ4n) is 3.08. The second-order valence-electron chi connectivity index (χ2n) is 6.03. The molecule has 2 aliphatic rings. The van der Waals surface area contributed by atoms with Crippen LogP contribution in [0.5, 0.6) is 0 Å². The van der Waals surface area contributed by atoms with Gasteiger partial charge in [-0.15, -0.1) is 12.4 Å². The van der Waals surface area contributed by atoms with E-state index in [1.165, 1.54) is 32.1 Å². The summed E-state index contributed by atoms with van der Waals surface area (Å²) in [5, 5.41) is 3.37. The normalized spacial score (nSPS) is 32.8. The Bertz CT molecular complexity index is 279. The zero-order valence-corrected chi connectivity index (χ0v) is 12.5. The molecule has 2 rings (SSSR count). The van der Waals surface area contributed by atoms with E-state index < -0.39 is 0 Å². The Labute approximate surface area is 117 Å². The zero-order valence-electron chi connectivity index (χ0n) is 11.7. The predicted octanol–water partition coefficient (Wildman–Crippen LogP) is 2.59. The monoisotopic (exact) mass is 274 g/mol. The predicted molar refractivity (Wildman–Crippen MR) is 77.1 cm³/mol. The number of rotatable bonds is 2. The summed E-state index contributed by atoms with van der Waals surface area (Å²) < 4.78 is 0. The van der Waals surface area contributed by atoms with Crippen molar-refractivity contribution in [1.29, 1.82) is 0 Å². The minimum absolute atomic E-state index is 0. The molecule has 0 aromatic rings. The van der Waals surface area contributed by atoms with Crippen molar-refractivity contribution in [3.8, 4) is 0 Å². The Morgan fingerprint density at radius 1 is 1.39 bits per heavy atom. The lowest BCUT2D eigenvalue weighted by atomic mass is 9.79. The van der Waals surface area contributed by atoms with Crippen molar-refractivity contribution in [2.45, 2.75) is 58.4 Å². The number of hydrogen-bond acceptors (Lipinski definition) is 2. The standard InChI is InChI=1S/C14H26N2O.ClH/c1-3-14(2)8-6-10-16(11-14)13(17)12-7-4-5-9-15-12;/h12,15H,3-11H2,1-2H3;1H. The van der Waals surface area contributed by atoms with Crippen molar-refractivity contribution >= 4 is 18.3 Å². The first-order chi connectivity index (χ1) is 8.14. The molecule has 18 heavy (non-hydrogen) atoms. The van der Waals surface area contributed by atoms with E-state index >= 15 is 0 Å². The topological polar surface area (TPSA) is 32.3 Å². The first kappa shape index (κ1) is 15.8. The maximum atomic E-state index is 12.4. The van der Waals surface area contributed by atoms with Gasteiger partial charge in [-0.05, 0) is 44.1 Å². The smallest absolute Gasteiger partial charge is 0.239 e. The quantitative estimate of drug-likeness (QED) is 0.839. The molecule has 4 heteroatoms. The van der Waals surface area contributed by atoms with Crippen LogP contribution in [0.1, 0.15) is 52.4 Å². The van der Waals surface area contributed by atoms with Crippen LogP contribution in [0.3, 0.4) is 0 Å². The average molecular weight is 275 g/mol. The fourth-order valence-corrected chi connectivity index (χ4v) is 3.08. The van der Waals surface area contributed by atoms with Gasteiger partial charge in [0.05, 0.1) is 6.04 Å². The molecule has 2 aliphatic heterocycles. The van der Waals surface area contributed by atoms with E-state index in [2.05, 4.69) is 24.1 Å². The highest BCUT2D eigenvalue weighted by Gasteiger charge is 2.34. The Morgan fingerprint density at radius 3 is 2.78 bits per heavy atom. The van der Waals surface area contributed by atoms with Crippen molar-refractivity contribution in [3.05, 3.63) is 0 Å². The molecule has 0 aromatic heterocycles. The number of nitrogens with one attached hydrogen (secondary N) is 1. The van der Waals surface area contributed by atoms with Crippen LogP contribution in [-0.4, -0.2) is 36.5 Å². The lowest BCUT2D eigenvalue weighted by Gasteiger charge is -2.41. The van der Waals surface area contributed by atoms with Crippen LogP contribution in [-0.2, 0) is 4.79 Å². The molecule has 0 bridgehead atoms. The maximum Gasteiger partial charge on any atom is 0.239 e. The van der Waals surface area contributed by atoms with Crippen LogP contribution in [0.15, 0.2) is 0 Å². The molecule has 0 spiro atoms. The van der Waals surface area contributed by atoms with Gasteiger partial charge < -0.3 is 10.2 Å². The number of amides is 1. The van der Waals surface area contributed by atoms with Gasteiger partial charge in [0, 0.05) is 13.1 Å². The van der Waals surface area contributed by atoms with Gasteiger partial charge in [-0.3, -0.25) is 4.79 Å². The molecule has 2 heterocycles. The summed E-state index contributed by atoms with van der Waals surface area (Å²) in [6, 6.07) is 0.1000. The summed E-state index contributed by atoms with van der Waals surface area (Å²) in [6.45, 7) is 7.50. The SMILES string of the molecule is CCC1(C)CCCN(C(=O)C2CCCCN2)C1.Cl. The van der Waals surface area contributed by atoms with Gasteiger partial charge in [0.2, 0.25) is 5.91 Å². The number of piperidine rings is 2. The van der Waals surface area contributed by atoms with E-state index in [1.54, 1.807) is 0 Å². The third-order valence-corrected chi connectivity index (χ3v) is 4.55. The van der Waals surface area contributed by atoms with Gasteiger partial charge in [-0.2, -0.15) is 0 Å². The lowest BCUT2D eigenvalue weighted by Crippen LogP contribution is -2.53. The molecule has 106 valence electrons. The van der Waals surface area contributed by atoms with E-state index in [1.807, 2.05) is 0 Å². The molecule has 0 aromatic carbocycles.